The summed E-state index contributed by atoms with van der Waals surface area (Å²) >= 11 is 0. The van der Waals surface area contributed by atoms with Gasteiger partial charge in [0.2, 0.25) is 0 Å². The molecular weight excluding hydrogens is 196 g/mol. The third-order valence-corrected chi connectivity index (χ3v) is 2.08. The Kier molecular flexibility index (Phi) is 3.31. The van der Waals surface area contributed by atoms with Crippen molar-refractivity contribution in [2.75, 3.05) is 37.4 Å². The van der Waals surface area contributed by atoms with Gasteiger partial charge in [-0.3, -0.25) is 0 Å². The van der Waals surface area contributed by atoms with E-state index in [0.29, 0.717) is 38.0 Å². The smallest absolute Gasteiger partial charge is 0.131 e. The molecular formula is C9H14N4O2. The van der Waals surface area contributed by atoms with Gasteiger partial charge in [0.05, 0.1) is 25.9 Å². The van der Waals surface area contributed by atoms with Gasteiger partial charge in [-0.25, -0.2) is 9.97 Å². The van der Waals surface area contributed by atoms with Crippen LogP contribution < -0.4 is 11.1 Å². The van der Waals surface area contributed by atoms with Crippen molar-refractivity contribution >= 4 is 11.6 Å². The van der Waals surface area contributed by atoms with Gasteiger partial charge >= 0.3 is 0 Å². The molecule has 3 N–H and O–H groups in total. The Labute approximate surface area is 87.8 Å². The molecule has 2 heterocycles. The maximum atomic E-state index is 5.52. The number of nitrogens with one attached hydrogen (secondary N) is 1. The number of ether oxygens (including phenoxy) is 2. The molecule has 82 valence electrons. The highest BCUT2D eigenvalue weighted by Gasteiger charge is 2.13. The van der Waals surface area contributed by atoms with Gasteiger partial charge in [0, 0.05) is 12.6 Å². The molecule has 1 aliphatic heterocycles. The molecule has 1 atom stereocenters. The minimum atomic E-state index is 0.0786. The number of hydrogen-bond acceptors (Lipinski definition) is 6. The van der Waals surface area contributed by atoms with Crippen molar-refractivity contribution in [3.8, 4) is 0 Å². The van der Waals surface area contributed by atoms with Gasteiger partial charge in [0.25, 0.3) is 0 Å². The normalized spacial score (nSPS) is 21.2. The van der Waals surface area contributed by atoms with E-state index < -0.39 is 0 Å². The lowest BCUT2D eigenvalue weighted by Gasteiger charge is -2.23. The first-order valence-corrected chi connectivity index (χ1v) is 4.85. The minimum Gasteiger partial charge on any atom is -0.384 e. The van der Waals surface area contributed by atoms with Crippen LogP contribution in [0.25, 0.3) is 0 Å². The highest BCUT2D eigenvalue weighted by atomic mass is 16.6. The summed E-state index contributed by atoms with van der Waals surface area (Å²) in [5, 5.41) is 3.12. The van der Waals surface area contributed by atoms with E-state index >= 15 is 0 Å². The van der Waals surface area contributed by atoms with Crippen LogP contribution >= 0.6 is 0 Å². The summed E-state index contributed by atoms with van der Waals surface area (Å²) in [6.07, 6.45) is 1.51. The van der Waals surface area contributed by atoms with Gasteiger partial charge in [0.15, 0.2) is 0 Å². The van der Waals surface area contributed by atoms with E-state index in [4.69, 9.17) is 15.2 Å². The zero-order valence-electron chi connectivity index (χ0n) is 8.35. The Morgan fingerprint density at radius 1 is 1.47 bits per heavy atom. The molecule has 0 aromatic carbocycles. The molecule has 6 nitrogen and oxygen atoms in total. The van der Waals surface area contributed by atoms with Crippen molar-refractivity contribution in [2.24, 2.45) is 0 Å². The molecule has 1 fully saturated rings. The minimum absolute atomic E-state index is 0.0786. The van der Waals surface area contributed by atoms with E-state index in [1.807, 2.05) is 0 Å². The molecule has 15 heavy (non-hydrogen) atoms. The van der Waals surface area contributed by atoms with Gasteiger partial charge in [-0.15, -0.1) is 0 Å². The number of aromatic nitrogens is 2. The van der Waals surface area contributed by atoms with E-state index in [2.05, 4.69) is 15.3 Å². The number of hydrogen-bond donors (Lipinski definition) is 2. The molecule has 0 spiro atoms. The average Bonchev–Trinajstić information content (AvgIpc) is 2.28. The van der Waals surface area contributed by atoms with Crippen LogP contribution in [0.5, 0.6) is 0 Å². The summed E-state index contributed by atoms with van der Waals surface area (Å²) in [5.41, 5.74) is 5.52. The summed E-state index contributed by atoms with van der Waals surface area (Å²) in [7, 11) is 0. The van der Waals surface area contributed by atoms with E-state index in [0.717, 1.165) is 0 Å². The quantitative estimate of drug-likeness (QED) is 0.724. The first kappa shape index (κ1) is 10.1. The second-order valence-corrected chi connectivity index (χ2v) is 3.28. The molecule has 6 heteroatoms. The fourth-order valence-corrected chi connectivity index (χ4v) is 1.34. The zero-order chi connectivity index (χ0) is 10.5. The topological polar surface area (TPSA) is 82.3 Å². The maximum absolute atomic E-state index is 5.52. The van der Waals surface area contributed by atoms with Crippen LogP contribution in [0.4, 0.5) is 11.6 Å². The third-order valence-electron chi connectivity index (χ3n) is 2.08. The fourth-order valence-electron chi connectivity index (χ4n) is 1.34. The number of nitrogens with two attached hydrogens (primary N) is 1. The predicted octanol–water partition coefficient (Wildman–Crippen LogP) is -0.114. The molecule has 1 aliphatic rings. The number of nitrogens with zero attached hydrogens (tertiary/aromatic N) is 2. The lowest BCUT2D eigenvalue weighted by molar-refractivity contribution is -0.0819. The Morgan fingerprint density at radius 2 is 2.40 bits per heavy atom. The summed E-state index contributed by atoms with van der Waals surface area (Å²) in [4.78, 5) is 7.83. The van der Waals surface area contributed by atoms with Crippen LogP contribution in [-0.2, 0) is 9.47 Å². The fraction of sp³-hybridized carbons (Fsp3) is 0.556. The molecule has 0 radical (unpaired) electrons. The SMILES string of the molecule is Nc1cc(NCC2COCCO2)ncn1. The van der Waals surface area contributed by atoms with Crippen LogP contribution in [0.1, 0.15) is 0 Å². The van der Waals surface area contributed by atoms with E-state index in [9.17, 15) is 0 Å². The summed E-state index contributed by atoms with van der Waals surface area (Å²) in [6.45, 7) is 2.61. The molecule has 0 bridgehead atoms. The summed E-state index contributed by atoms with van der Waals surface area (Å²) in [6, 6.07) is 1.68. The lowest BCUT2D eigenvalue weighted by Crippen LogP contribution is -2.34. The van der Waals surface area contributed by atoms with Gasteiger partial charge in [0.1, 0.15) is 18.0 Å². The van der Waals surface area contributed by atoms with Crippen molar-refractivity contribution in [2.45, 2.75) is 6.10 Å². The monoisotopic (exact) mass is 210 g/mol. The Morgan fingerprint density at radius 3 is 3.13 bits per heavy atom. The molecule has 1 aromatic rings. The summed E-state index contributed by atoms with van der Waals surface area (Å²) in [5.74, 6) is 1.16. The van der Waals surface area contributed by atoms with Crippen LogP contribution in [0.3, 0.4) is 0 Å². The van der Waals surface area contributed by atoms with Crippen molar-refractivity contribution < 1.29 is 9.47 Å². The lowest BCUT2D eigenvalue weighted by atomic mass is 10.3. The molecule has 0 amide bonds. The Bertz CT molecular complexity index is 315. The molecule has 1 aromatic heterocycles. The van der Waals surface area contributed by atoms with Crippen molar-refractivity contribution in [3.63, 3.8) is 0 Å². The van der Waals surface area contributed by atoms with Crippen molar-refractivity contribution in [1.82, 2.24) is 9.97 Å². The van der Waals surface area contributed by atoms with Crippen molar-refractivity contribution in [3.05, 3.63) is 12.4 Å². The Balaban J connectivity index is 1.81. The maximum Gasteiger partial charge on any atom is 0.131 e. The van der Waals surface area contributed by atoms with E-state index in [1.165, 1.54) is 6.33 Å². The molecule has 2 rings (SSSR count). The van der Waals surface area contributed by atoms with Gasteiger partial charge in [-0.1, -0.05) is 0 Å². The van der Waals surface area contributed by atoms with Gasteiger partial charge < -0.3 is 20.5 Å². The molecule has 1 unspecified atom stereocenters. The highest BCUT2D eigenvalue weighted by Crippen LogP contribution is 2.06. The van der Waals surface area contributed by atoms with Crippen molar-refractivity contribution in [1.29, 1.82) is 0 Å². The van der Waals surface area contributed by atoms with Crippen LogP contribution in [0, 0.1) is 0 Å². The van der Waals surface area contributed by atoms with Crippen LogP contribution in [0.15, 0.2) is 12.4 Å². The van der Waals surface area contributed by atoms with E-state index in [1.54, 1.807) is 6.07 Å². The first-order chi connectivity index (χ1) is 7.34. The predicted molar refractivity (Wildman–Crippen MR) is 55.5 cm³/mol. The second kappa shape index (κ2) is 4.90. The number of nitrogen functional groups attached to an aromatic ring is 1. The molecule has 0 saturated carbocycles. The Hall–Kier alpha value is -1.40. The summed E-state index contributed by atoms with van der Waals surface area (Å²) < 4.78 is 10.7. The van der Waals surface area contributed by atoms with E-state index in [-0.39, 0.29) is 6.10 Å². The highest BCUT2D eigenvalue weighted by molar-refractivity contribution is 5.43. The largest absolute Gasteiger partial charge is 0.384 e. The zero-order valence-corrected chi connectivity index (χ0v) is 8.35. The second-order valence-electron chi connectivity index (χ2n) is 3.28. The third kappa shape index (κ3) is 3.03. The number of anilines is 2. The standard InChI is InChI=1S/C9H14N4O2/c10-8-3-9(13-6-12-8)11-4-7-5-14-1-2-15-7/h3,6-7H,1-2,4-5H2,(H3,10,11,12,13). The average molecular weight is 210 g/mol. The first-order valence-electron chi connectivity index (χ1n) is 4.85. The van der Waals surface area contributed by atoms with Gasteiger partial charge in [-0.05, 0) is 0 Å². The van der Waals surface area contributed by atoms with Crippen LogP contribution in [0.2, 0.25) is 0 Å². The number of rotatable bonds is 3. The van der Waals surface area contributed by atoms with Gasteiger partial charge in [-0.2, -0.15) is 0 Å². The molecule has 1 saturated heterocycles. The van der Waals surface area contributed by atoms with Crippen LogP contribution in [-0.4, -0.2) is 42.4 Å². The molecule has 0 aliphatic carbocycles.